The van der Waals surface area contributed by atoms with Gasteiger partial charge in [-0.2, -0.15) is 0 Å². The molecule has 0 amide bonds. The van der Waals surface area contributed by atoms with Crippen LogP contribution >= 0.6 is 11.8 Å². The van der Waals surface area contributed by atoms with Gasteiger partial charge in [-0.15, -0.1) is 0 Å². The molecule has 0 fully saturated rings. The maximum absolute atomic E-state index is 9.14. The van der Waals surface area contributed by atoms with Gasteiger partial charge in [0, 0.05) is 25.8 Å². The van der Waals surface area contributed by atoms with E-state index in [1.54, 1.807) is 7.11 Å². The molecule has 0 atom stereocenters. The summed E-state index contributed by atoms with van der Waals surface area (Å²) in [5.41, 5.74) is 9.15. The third-order valence-electron chi connectivity index (χ3n) is 4.17. The van der Waals surface area contributed by atoms with Crippen LogP contribution < -0.4 is 15.8 Å². The number of fused-ring (bicyclic) bond motifs is 1. The number of nitrogens with one attached hydrogen (secondary N) is 1. The van der Waals surface area contributed by atoms with Crippen molar-refractivity contribution >= 4 is 34.4 Å². The summed E-state index contributed by atoms with van der Waals surface area (Å²) in [5, 5.41) is 12.9. The molecule has 0 aliphatic carbocycles. The van der Waals surface area contributed by atoms with E-state index >= 15 is 0 Å². The molecule has 0 aliphatic heterocycles. The molecule has 2 aromatic heterocycles. The molecule has 2 heterocycles. The third kappa shape index (κ3) is 4.09. The lowest BCUT2D eigenvalue weighted by Crippen LogP contribution is -2.09. The fourth-order valence-corrected chi connectivity index (χ4v) is 3.57. The molecule has 0 aliphatic rings. The second-order valence-electron chi connectivity index (χ2n) is 5.98. The lowest BCUT2D eigenvalue weighted by Gasteiger charge is -2.09. The summed E-state index contributed by atoms with van der Waals surface area (Å²) in [6.45, 7) is 2.48. The Kier molecular flexibility index (Phi) is 6.02. The number of thioether (sulfide) groups is 1. The molecule has 4 N–H and O–H groups in total. The topological polar surface area (TPSA) is 111 Å². The van der Waals surface area contributed by atoms with Gasteiger partial charge in [0.05, 0.1) is 19.4 Å². The van der Waals surface area contributed by atoms with E-state index in [9.17, 15) is 0 Å². The molecule has 0 saturated heterocycles. The highest BCUT2D eigenvalue weighted by Crippen LogP contribution is 2.29. The van der Waals surface area contributed by atoms with E-state index < -0.39 is 0 Å². The van der Waals surface area contributed by atoms with Gasteiger partial charge in [-0.25, -0.2) is 15.0 Å². The zero-order valence-corrected chi connectivity index (χ0v) is 16.5. The van der Waals surface area contributed by atoms with Crippen LogP contribution in [0.15, 0.2) is 23.4 Å². The van der Waals surface area contributed by atoms with Crippen LogP contribution in [0.2, 0.25) is 0 Å². The van der Waals surface area contributed by atoms with Crippen molar-refractivity contribution in [3.8, 4) is 5.75 Å². The molecule has 0 saturated carbocycles. The number of nitrogens with zero attached hydrogens (tertiary/aromatic N) is 4. The third-order valence-corrected chi connectivity index (χ3v) is 5.09. The minimum atomic E-state index is 0.0204. The number of aliphatic hydroxyl groups excluding tert-OH is 1. The lowest BCUT2D eigenvalue weighted by molar-refractivity contribution is 0.311. The molecule has 0 spiro atoms. The van der Waals surface area contributed by atoms with Crippen molar-refractivity contribution in [3.05, 3.63) is 29.6 Å². The van der Waals surface area contributed by atoms with Gasteiger partial charge >= 0.3 is 0 Å². The molecule has 3 aromatic rings. The van der Waals surface area contributed by atoms with Gasteiger partial charge in [0.2, 0.25) is 0 Å². The normalized spacial score (nSPS) is 11.1. The summed E-state index contributed by atoms with van der Waals surface area (Å²) < 4.78 is 7.18. The van der Waals surface area contributed by atoms with Crippen molar-refractivity contribution in [2.75, 3.05) is 31.3 Å². The highest BCUT2D eigenvalue weighted by molar-refractivity contribution is 7.98. The van der Waals surface area contributed by atoms with Crippen molar-refractivity contribution < 1.29 is 9.84 Å². The van der Waals surface area contributed by atoms with Crippen LogP contribution in [0.5, 0.6) is 5.75 Å². The Morgan fingerprint density at radius 2 is 2.11 bits per heavy atom. The maximum Gasteiger partial charge on any atom is 0.191 e. The number of benzene rings is 1. The molecular weight excluding hydrogens is 364 g/mol. The number of aryl methyl sites for hydroxylation is 2. The molecule has 144 valence electrons. The van der Waals surface area contributed by atoms with E-state index in [4.69, 9.17) is 15.6 Å². The van der Waals surface area contributed by atoms with E-state index in [0.29, 0.717) is 34.7 Å². The molecule has 0 bridgehead atoms. The van der Waals surface area contributed by atoms with Crippen LogP contribution in [0.3, 0.4) is 0 Å². The first-order valence-corrected chi connectivity index (χ1v) is 9.69. The summed E-state index contributed by atoms with van der Waals surface area (Å²) in [5.74, 6) is 2.92. The Labute approximate surface area is 162 Å². The van der Waals surface area contributed by atoms with E-state index in [2.05, 4.69) is 27.2 Å². The van der Waals surface area contributed by atoms with Gasteiger partial charge in [0.1, 0.15) is 11.6 Å². The molecule has 3 rings (SSSR count). The SMILES string of the molecule is CCc1nc2c(NCCO)nc(SCc3ccc(OC)c(N)c3)nc2n1C. The number of anilines is 2. The van der Waals surface area contributed by atoms with Crippen LogP contribution in [0.1, 0.15) is 18.3 Å². The molecule has 27 heavy (non-hydrogen) atoms. The van der Waals surface area contributed by atoms with Crippen molar-refractivity contribution in [2.24, 2.45) is 7.05 Å². The monoisotopic (exact) mass is 388 g/mol. The molecule has 8 nitrogen and oxygen atoms in total. The molecular formula is C18H24N6O2S. The van der Waals surface area contributed by atoms with Gasteiger partial charge in [-0.1, -0.05) is 24.8 Å². The average Bonchev–Trinajstić information content (AvgIpc) is 3.00. The molecule has 9 heteroatoms. The van der Waals surface area contributed by atoms with Crippen LogP contribution in [-0.4, -0.2) is 44.9 Å². The van der Waals surface area contributed by atoms with E-state index in [1.165, 1.54) is 11.8 Å². The second-order valence-corrected chi connectivity index (χ2v) is 6.93. The number of hydrogen-bond acceptors (Lipinski definition) is 8. The standard InChI is InChI=1S/C18H24N6O2S/c1-4-14-21-15-16(20-7-8-25)22-18(23-17(15)24(14)2)27-10-11-5-6-13(26-3)12(19)9-11/h5-6,9,25H,4,7-8,10,19H2,1-3H3,(H,20,22,23). The molecule has 1 aromatic carbocycles. The fraction of sp³-hybridized carbons (Fsp3) is 0.389. The maximum atomic E-state index is 9.14. The number of rotatable bonds is 8. The van der Waals surface area contributed by atoms with E-state index in [1.807, 2.05) is 29.8 Å². The fourth-order valence-electron chi connectivity index (χ4n) is 2.79. The van der Waals surface area contributed by atoms with Gasteiger partial charge < -0.3 is 25.5 Å². The first-order valence-electron chi connectivity index (χ1n) is 8.70. The summed E-state index contributed by atoms with van der Waals surface area (Å²) in [6.07, 6.45) is 0.805. The van der Waals surface area contributed by atoms with Crippen molar-refractivity contribution in [3.63, 3.8) is 0 Å². The summed E-state index contributed by atoms with van der Waals surface area (Å²) >= 11 is 1.52. The number of ether oxygens (including phenoxy) is 1. The Bertz CT molecular complexity index is 943. The summed E-state index contributed by atoms with van der Waals surface area (Å²) in [4.78, 5) is 13.9. The number of nitrogen functional groups attached to an aromatic ring is 1. The second kappa shape index (κ2) is 8.45. The van der Waals surface area contributed by atoms with Gasteiger partial charge in [-0.05, 0) is 17.7 Å². The Morgan fingerprint density at radius 3 is 2.78 bits per heavy atom. The summed E-state index contributed by atoms with van der Waals surface area (Å²) in [6, 6.07) is 5.73. The number of aromatic nitrogens is 4. The van der Waals surface area contributed by atoms with Crippen LogP contribution in [0.25, 0.3) is 11.2 Å². The zero-order chi connectivity index (χ0) is 19.4. The Morgan fingerprint density at radius 1 is 1.30 bits per heavy atom. The van der Waals surface area contributed by atoms with Crippen molar-refractivity contribution in [1.29, 1.82) is 0 Å². The summed E-state index contributed by atoms with van der Waals surface area (Å²) in [7, 11) is 3.55. The zero-order valence-electron chi connectivity index (χ0n) is 15.7. The van der Waals surface area contributed by atoms with Gasteiger partial charge in [-0.3, -0.25) is 0 Å². The molecule has 0 unspecified atom stereocenters. The number of imidazole rings is 1. The minimum Gasteiger partial charge on any atom is -0.495 e. The predicted molar refractivity (Wildman–Crippen MR) is 108 cm³/mol. The van der Waals surface area contributed by atoms with Gasteiger partial charge in [0.15, 0.2) is 22.1 Å². The quantitative estimate of drug-likeness (QED) is 0.306. The van der Waals surface area contributed by atoms with E-state index in [-0.39, 0.29) is 6.61 Å². The van der Waals surface area contributed by atoms with Crippen molar-refractivity contribution in [2.45, 2.75) is 24.3 Å². The van der Waals surface area contributed by atoms with Crippen molar-refractivity contribution in [1.82, 2.24) is 19.5 Å². The van der Waals surface area contributed by atoms with Crippen LogP contribution in [0.4, 0.5) is 11.5 Å². The lowest BCUT2D eigenvalue weighted by atomic mass is 10.2. The highest BCUT2D eigenvalue weighted by atomic mass is 32.2. The molecule has 0 radical (unpaired) electrons. The first kappa shape index (κ1) is 19.2. The van der Waals surface area contributed by atoms with Gasteiger partial charge in [0.25, 0.3) is 0 Å². The van der Waals surface area contributed by atoms with Crippen LogP contribution in [0, 0.1) is 0 Å². The highest BCUT2D eigenvalue weighted by Gasteiger charge is 2.15. The number of aliphatic hydroxyl groups is 1. The Balaban J connectivity index is 1.89. The Hall–Kier alpha value is -2.52. The predicted octanol–water partition coefficient (Wildman–Crippen LogP) is 2.21. The number of nitrogens with two attached hydrogens (primary N) is 1. The van der Waals surface area contributed by atoms with E-state index in [0.717, 1.165) is 29.0 Å². The average molecular weight is 388 g/mol. The first-order chi connectivity index (χ1) is 13.1. The smallest absolute Gasteiger partial charge is 0.191 e. The minimum absolute atomic E-state index is 0.0204. The number of hydrogen-bond donors (Lipinski definition) is 3. The number of methoxy groups -OCH3 is 1. The van der Waals surface area contributed by atoms with Crippen LogP contribution in [-0.2, 0) is 19.2 Å². The largest absolute Gasteiger partial charge is 0.495 e.